The maximum absolute atomic E-state index is 5.51. The molecular formula is C14H22ClN5O2S. The number of aryl methyl sites for hydroxylation is 1. The fourth-order valence-corrected chi connectivity index (χ4v) is 2.63. The van der Waals surface area contributed by atoms with E-state index in [1.54, 1.807) is 23.6 Å². The highest BCUT2D eigenvalue weighted by Crippen LogP contribution is 2.27. The molecule has 0 aliphatic carbocycles. The largest absolute Gasteiger partial charge is 0.493 e. The summed E-state index contributed by atoms with van der Waals surface area (Å²) in [6, 6.07) is 5.98. The molecule has 0 saturated heterocycles. The van der Waals surface area contributed by atoms with Crippen LogP contribution in [0.1, 0.15) is 12.5 Å². The number of thioether (sulfide) groups is 1. The van der Waals surface area contributed by atoms with Crippen LogP contribution >= 0.6 is 24.2 Å². The summed E-state index contributed by atoms with van der Waals surface area (Å²) in [5, 5.41) is 15.5. The fraction of sp³-hybridized carbons (Fsp3) is 0.500. The third-order valence-corrected chi connectivity index (χ3v) is 3.96. The molecule has 7 nitrogen and oxygen atoms in total. The van der Waals surface area contributed by atoms with Gasteiger partial charge in [0.25, 0.3) is 0 Å². The van der Waals surface area contributed by atoms with E-state index in [2.05, 4.69) is 20.8 Å². The van der Waals surface area contributed by atoms with Crippen LogP contribution in [0.25, 0.3) is 0 Å². The molecule has 1 heterocycles. The molecule has 0 amide bonds. The van der Waals surface area contributed by atoms with Crippen LogP contribution in [-0.2, 0) is 13.6 Å². The summed E-state index contributed by atoms with van der Waals surface area (Å²) >= 11 is 1.63. The maximum Gasteiger partial charge on any atom is 0.209 e. The summed E-state index contributed by atoms with van der Waals surface area (Å²) in [4.78, 5) is 0. The lowest BCUT2D eigenvalue weighted by atomic mass is 10.2. The van der Waals surface area contributed by atoms with Gasteiger partial charge in [-0.15, -0.1) is 17.5 Å². The van der Waals surface area contributed by atoms with Crippen molar-refractivity contribution in [3.05, 3.63) is 23.8 Å². The van der Waals surface area contributed by atoms with Crippen molar-refractivity contribution in [2.45, 2.75) is 18.6 Å². The summed E-state index contributed by atoms with van der Waals surface area (Å²) in [5.41, 5.74) is 1.16. The van der Waals surface area contributed by atoms with Gasteiger partial charge in [0, 0.05) is 25.9 Å². The van der Waals surface area contributed by atoms with Gasteiger partial charge in [-0.2, -0.15) is 0 Å². The van der Waals surface area contributed by atoms with E-state index in [9.17, 15) is 0 Å². The number of tetrazole rings is 1. The van der Waals surface area contributed by atoms with Crippen molar-refractivity contribution in [2.75, 3.05) is 26.0 Å². The summed E-state index contributed by atoms with van der Waals surface area (Å²) in [7, 11) is 3.49. The first-order valence-corrected chi connectivity index (χ1v) is 8.08. The van der Waals surface area contributed by atoms with Crippen LogP contribution in [0.3, 0.4) is 0 Å². The number of ether oxygens (including phenoxy) is 2. The van der Waals surface area contributed by atoms with E-state index in [1.807, 2.05) is 32.2 Å². The molecule has 1 aromatic carbocycles. The molecule has 0 atom stereocenters. The first kappa shape index (κ1) is 19.5. The van der Waals surface area contributed by atoms with E-state index >= 15 is 0 Å². The zero-order chi connectivity index (χ0) is 15.8. The van der Waals surface area contributed by atoms with Gasteiger partial charge in [0.15, 0.2) is 11.5 Å². The number of benzene rings is 1. The average molecular weight is 360 g/mol. The Labute approximate surface area is 146 Å². The predicted molar refractivity (Wildman–Crippen MR) is 92.6 cm³/mol. The second kappa shape index (κ2) is 10.3. The van der Waals surface area contributed by atoms with Crippen molar-refractivity contribution in [3.8, 4) is 11.5 Å². The number of nitrogens with zero attached hydrogens (tertiary/aromatic N) is 4. The van der Waals surface area contributed by atoms with Crippen molar-refractivity contribution in [3.63, 3.8) is 0 Å². The Hall–Kier alpha value is -1.51. The molecule has 0 bridgehead atoms. The molecule has 0 radical (unpaired) electrons. The molecule has 2 aromatic rings. The van der Waals surface area contributed by atoms with Crippen molar-refractivity contribution in [1.82, 2.24) is 25.5 Å². The second-order valence-electron chi connectivity index (χ2n) is 4.53. The second-order valence-corrected chi connectivity index (χ2v) is 5.59. The number of methoxy groups -OCH3 is 1. The monoisotopic (exact) mass is 359 g/mol. The number of nitrogens with one attached hydrogen (secondary N) is 1. The van der Waals surface area contributed by atoms with Gasteiger partial charge < -0.3 is 14.8 Å². The van der Waals surface area contributed by atoms with Gasteiger partial charge in [0.05, 0.1) is 13.7 Å². The number of rotatable bonds is 9. The van der Waals surface area contributed by atoms with Crippen LogP contribution in [0, 0.1) is 0 Å². The molecule has 0 fully saturated rings. The Balaban J connectivity index is 0.00000264. The Bertz CT molecular complexity index is 596. The Kier molecular flexibility index (Phi) is 8.75. The van der Waals surface area contributed by atoms with Crippen LogP contribution in [0.2, 0.25) is 0 Å². The highest BCUT2D eigenvalue weighted by atomic mass is 35.5. The summed E-state index contributed by atoms with van der Waals surface area (Å²) in [6.07, 6.45) is 0. The molecule has 0 aliphatic rings. The molecule has 0 spiro atoms. The lowest BCUT2D eigenvalue weighted by molar-refractivity contribution is 0.310. The number of hydrogen-bond donors (Lipinski definition) is 1. The smallest absolute Gasteiger partial charge is 0.209 e. The van der Waals surface area contributed by atoms with E-state index in [0.29, 0.717) is 6.61 Å². The maximum atomic E-state index is 5.51. The summed E-state index contributed by atoms with van der Waals surface area (Å²) in [6.45, 7) is 4.23. The number of aromatic nitrogens is 4. The zero-order valence-corrected chi connectivity index (χ0v) is 15.1. The molecule has 1 aromatic heterocycles. The number of hydrogen-bond acceptors (Lipinski definition) is 7. The normalized spacial score (nSPS) is 10.2. The van der Waals surface area contributed by atoms with E-state index in [1.165, 1.54) is 0 Å². The van der Waals surface area contributed by atoms with Gasteiger partial charge in [-0.3, -0.25) is 0 Å². The third-order valence-electron chi connectivity index (χ3n) is 2.95. The number of halogens is 1. The minimum absolute atomic E-state index is 0. The Morgan fingerprint density at radius 3 is 2.78 bits per heavy atom. The first-order chi connectivity index (χ1) is 10.7. The lowest BCUT2D eigenvalue weighted by Crippen LogP contribution is -2.16. The van der Waals surface area contributed by atoms with Crippen LogP contribution in [0.5, 0.6) is 11.5 Å². The molecule has 0 unspecified atom stereocenters. The molecule has 2 rings (SSSR count). The van der Waals surface area contributed by atoms with Crippen LogP contribution < -0.4 is 14.8 Å². The highest BCUT2D eigenvalue weighted by Gasteiger charge is 2.05. The summed E-state index contributed by atoms with van der Waals surface area (Å²) in [5.74, 6) is 2.45. The lowest BCUT2D eigenvalue weighted by Gasteiger charge is -2.11. The van der Waals surface area contributed by atoms with Gasteiger partial charge in [0.1, 0.15) is 0 Å². The molecule has 0 aliphatic heterocycles. The predicted octanol–water partition coefficient (Wildman–Crippen LogP) is 1.92. The van der Waals surface area contributed by atoms with Crippen molar-refractivity contribution >= 4 is 24.2 Å². The van der Waals surface area contributed by atoms with E-state index in [4.69, 9.17) is 9.47 Å². The van der Waals surface area contributed by atoms with Crippen molar-refractivity contribution < 1.29 is 9.47 Å². The van der Waals surface area contributed by atoms with E-state index in [-0.39, 0.29) is 12.4 Å². The molecule has 128 valence electrons. The van der Waals surface area contributed by atoms with Crippen LogP contribution in [-0.4, -0.2) is 46.2 Å². The van der Waals surface area contributed by atoms with Crippen molar-refractivity contribution in [2.24, 2.45) is 7.05 Å². The molecule has 1 N–H and O–H groups in total. The van der Waals surface area contributed by atoms with E-state index in [0.717, 1.165) is 41.1 Å². The third kappa shape index (κ3) is 5.89. The Morgan fingerprint density at radius 1 is 1.30 bits per heavy atom. The standard InChI is InChI=1S/C14H21N5O2S.ClH/c1-4-21-12-6-5-11(9-13(12)20-3)10-15-7-8-22-14-16-17-18-19(14)2;/h5-6,9,15H,4,7-8,10H2,1-3H3;1H. The minimum atomic E-state index is 0. The Morgan fingerprint density at radius 2 is 2.13 bits per heavy atom. The van der Waals surface area contributed by atoms with Crippen LogP contribution in [0.4, 0.5) is 0 Å². The fourth-order valence-electron chi connectivity index (χ4n) is 1.89. The first-order valence-electron chi connectivity index (χ1n) is 7.10. The average Bonchev–Trinajstić information content (AvgIpc) is 2.93. The van der Waals surface area contributed by atoms with Crippen molar-refractivity contribution in [1.29, 1.82) is 0 Å². The quantitative estimate of drug-likeness (QED) is 0.541. The summed E-state index contributed by atoms with van der Waals surface area (Å²) < 4.78 is 12.5. The topological polar surface area (TPSA) is 74.1 Å². The van der Waals surface area contributed by atoms with Gasteiger partial charge >= 0.3 is 0 Å². The van der Waals surface area contributed by atoms with Gasteiger partial charge in [-0.1, -0.05) is 17.8 Å². The minimum Gasteiger partial charge on any atom is -0.493 e. The van der Waals surface area contributed by atoms with Gasteiger partial charge in [-0.05, 0) is 35.0 Å². The van der Waals surface area contributed by atoms with E-state index < -0.39 is 0 Å². The molecular weight excluding hydrogens is 338 g/mol. The van der Waals surface area contributed by atoms with Crippen LogP contribution in [0.15, 0.2) is 23.4 Å². The van der Waals surface area contributed by atoms with Gasteiger partial charge in [-0.25, -0.2) is 4.68 Å². The zero-order valence-electron chi connectivity index (χ0n) is 13.5. The molecule has 23 heavy (non-hydrogen) atoms. The molecule has 0 saturated carbocycles. The molecule has 9 heteroatoms. The highest BCUT2D eigenvalue weighted by molar-refractivity contribution is 7.99. The van der Waals surface area contributed by atoms with Gasteiger partial charge in [0.2, 0.25) is 5.16 Å². The SMILES string of the molecule is CCOc1ccc(CNCCSc2nnnn2C)cc1OC.Cl.